The summed E-state index contributed by atoms with van der Waals surface area (Å²) in [5.74, 6) is -0.905. The Morgan fingerprint density at radius 2 is 2.12 bits per heavy atom. The number of aromatic nitrogens is 3. The van der Waals surface area contributed by atoms with Crippen LogP contribution in [0.25, 0.3) is 5.65 Å². The normalized spacial score (nSPS) is 11.4. The van der Waals surface area contributed by atoms with E-state index in [1.165, 1.54) is 6.08 Å². The van der Waals surface area contributed by atoms with Gasteiger partial charge < -0.3 is 5.32 Å². The highest BCUT2D eigenvalue weighted by Gasteiger charge is 2.32. The smallest absolute Gasteiger partial charge is 0.334 e. The Hall–Kier alpha value is -2.27. The Balaban J connectivity index is 2.11. The van der Waals surface area contributed by atoms with Gasteiger partial charge in [0.1, 0.15) is 0 Å². The Morgan fingerprint density at radius 3 is 2.76 bits per heavy atom. The number of carbonyl (C=O) groups excluding carboxylic acids is 2. The standard InChI is InChI=1S/C13H11ClF3N5O2S/c1-2-3-18-11(24)19-9(23)6-25-12-21-20-10-8(14)4-7(5-22(10)12)13(15,16)17/h2,4-5H,1,3,6H2,(H2,18,19,23,24). The van der Waals surface area contributed by atoms with Crippen LogP contribution >= 0.6 is 23.4 Å². The van der Waals surface area contributed by atoms with E-state index in [1.807, 2.05) is 0 Å². The minimum Gasteiger partial charge on any atom is -0.334 e. The van der Waals surface area contributed by atoms with Crippen LogP contribution in [0.3, 0.4) is 0 Å². The van der Waals surface area contributed by atoms with E-state index in [4.69, 9.17) is 11.6 Å². The van der Waals surface area contributed by atoms with Crippen LogP contribution in [-0.2, 0) is 11.0 Å². The molecular formula is C13H11ClF3N5O2S. The van der Waals surface area contributed by atoms with E-state index < -0.39 is 23.7 Å². The number of carbonyl (C=O) groups is 2. The largest absolute Gasteiger partial charge is 0.417 e. The molecule has 0 radical (unpaired) electrons. The second kappa shape index (κ2) is 7.74. The quantitative estimate of drug-likeness (QED) is 0.602. The SMILES string of the molecule is C=CCNC(=O)NC(=O)CSc1nnc2c(Cl)cc(C(F)(F)F)cn12. The van der Waals surface area contributed by atoms with Gasteiger partial charge in [-0.1, -0.05) is 29.4 Å². The van der Waals surface area contributed by atoms with Crippen molar-refractivity contribution in [3.05, 3.63) is 35.5 Å². The third-order valence-corrected chi connectivity index (χ3v) is 3.97. The van der Waals surface area contributed by atoms with Gasteiger partial charge in [0, 0.05) is 12.7 Å². The summed E-state index contributed by atoms with van der Waals surface area (Å²) in [6.45, 7) is 3.58. The molecule has 7 nitrogen and oxygen atoms in total. The lowest BCUT2D eigenvalue weighted by atomic mass is 10.3. The first-order chi connectivity index (χ1) is 11.7. The van der Waals surface area contributed by atoms with Crippen LogP contribution in [0.2, 0.25) is 5.02 Å². The molecule has 0 spiro atoms. The zero-order valence-corrected chi connectivity index (χ0v) is 14.0. The number of amides is 3. The first kappa shape index (κ1) is 19.1. The molecule has 0 unspecified atom stereocenters. The van der Waals surface area contributed by atoms with Crippen molar-refractivity contribution in [1.29, 1.82) is 0 Å². The van der Waals surface area contributed by atoms with E-state index in [9.17, 15) is 22.8 Å². The van der Waals surface area contributed by atoms with Crippen LogP contribution in [0.5, 0.6) is 0 Å². The van der Waals surface area contributed by atoms with Crippen LogP contribution in [0, 0.1) is 0 Å². The molecule has 0 saturated carbocycles. The Kier molecular flexibility index (Phi) is 5.90. The molecule has 2 heterocycles. The average Bonchev–Trinajstić information content (AvgIpc) is 2.93. The first-order valence-corrected chi connectivity index (χ1v) is 8.01. The predicted molar refractivity (Wildman–Crippen MR) is 85.5 cm³/mol. The number of alkyl halides is 3. The van der Waals surface area contributed by atoms with Crippen molar-refractivity contribution in [2.45, 2.75) is 11.3 Å². The van der Waals surface area contributed by atoms with Gasteiger partial charge in [-0.3, -0.25) is 14.5 Å². The number of halogens is 4. The number of rotatable bonds is 5. The topological polar surface area (TPSA) is 88.4 Å². The van der Waals surface area contributed by atoms with Gasteiger partial charge in [0.25, 0.3) is 0 Å². The maximum atomic E-state index is 12.9. The van der Waals surface area contributed by atoms with Crippen molar-refractivity contribution in [3.8, 4) is 0 Å². The summed E-state index contributed by atoms with van der Waals surface area (Å²) in [5.41, 5.74) is -0.943. The fourth-order valence-corrected chi connectivity index (χ4v) is 2.64. The van der Waals surface area contributed by atoms with E-state index in [2.05, 4.69) is 27.4 Å². The maximum absolute atomic E-state index is 12.9. The summed E-state index contributed by atoms with van der Waals surface area (Å²) >= 11 is 6.60. The molecule has 3 amide bonds. The molecule has 12 heteroatoms. The molecule has 0 aliphatic rings. The molecule has 134 valence electrons. The molecule has 0 aliphatic carbocycles. The molecule has 2 aromatic heterocycles. The Bertz CT molecular complexity index is 824. The average molecular weight is 394 g/mol. The van der Waals surface area contributed by atoms with Gasteiger partial charge in [0.2, 0.25) is 5.91 Å². The van der Waals surface area contributed by atoms with Crippen LogP contribution in [-0.4, -0.2) is 38.8 Å². The lowest BCUT2D eigenvalue weighted by Gasteiger charge is -2.08. The fourth-order valence-electron chi connectivity index (χ4n) is 1.69. The molecule has 0 aromatic carbocycles. The second-order valence-corrected chi connectivity index (χ2v) is 5.94. The third kappa shape index (κ3) is 4.86. The van der Waals surface area contributed by atoms with E-state index in [-0.39, 0.29) is 28.1 Å². The number of pyridine rings is 1. The predicted octanol–water partition coefficient (Wildman–Crippen LogP) is 2.51. The molecule has 0 bridgehead atoms. The van der Waals surface area contributed by atoms with Crippen LogP contribution in [0.4, 0.5) is 18.0 Å². The monoisotopic (exact) mass is 393 g/mol. The second-order valence-electron chi connectivity index (χ2n) is 4.59. The Labute approximate surface area is 148 Å². The number of hydrogen-bond donors (Lipinski definition) is 2. The lowest BCUT2D eigenvalue weighted by molar-refractivity contribution is -0.137. The highest BCUT2D eigenvalue weighted by molar-refractivity contribution is 7.99. The zero-order valence-electron chi connectivity index (χ0n) is 12.4. The van der Waals surface area contributed by atoms with Crippen molar-refractivity contribution in [1.82, 2.24) is 25.2 Å². The number of nitrogens with zero attached hydrogens (tertiary/aromatic N) is 3. The molecule has 2 aromatic rings. The molecule has 25 heavy (non-hydrogen) atoms. The molecule has 0 fully saturated rings. The molecule has 0 atom stereocenters. The van der Waals surface area contributed by atoms with Gasteiger partial charge in [-0.25, -0.2) is 4.79 Å². The summed E-state index contributed by atoms with van der Waals surface area (Å²) in [6.07, 6.45) is -2.37. The van der Waals surface area contributed by atoms with Crippen LogP contribution in [0.15, 0.2) is 30.1 Å². The summed E-state index contributed by atoms with van der Waals surface area (Å²) in [5, 5.41) is 11.6. The first-order valence-electron chi connectivity index (χ1n) is 6.65. The summed E-state index contributed by atoms with van der Waals surface area (Å²) in [4.78, 5) is 23.0. The van der Waals surface area contributed by atoms with E-state index >= 15 is 0 Å². The minimum absolute atomic E-state index is 0.0290. The summed E-state index contributed by atoms with van der Waals surface area (Å²) in [7, 11) is 0. The lowest BCUT2D eigenvalue weighted by Crippen LogP contribution is -2.40. The van der Waals surface area contributed by atoms with Gasteiger partial charge in [-0.2, -0.15) is 13.2 Å². The number of nitrogens with one attached hydrogen (secondary N) is 2. The number of imide groups is 1. The minimum atomic E-state index is -4.59. The highest BCUT2D eigenvalue weighted by atomic mass is 35.5. The number of thioether (sulfide) groups is 1. The highest BCUT2D eigenvalue weighted by Crippen LogP contribution is 2.33. The van der Waals surface area contributed by atoms with Crippen molar-refractivity contribution in [3.63, 3.8) is 0 Å². The van der Waals surface area contributed by atoms with Crippen molar-refractivity contribution < 1.29 is 22.8 Å². The molecular weight excluding hydrogens is 383 g/mol. The fraction of sp³-hybridized carbons (Fsp3) is 0.231. The van der Waals surface area contributed by atoms with Crippen LogP contribution < -0.4 is 10.6 Å². The van der Waals surface area contributed by atoms with Gasteiger partial charge in [0.15, 0.2) is 10.8 Å². The molecule has 2 rings (SSSR count). The zero-order chi connectivity index (χ0) is 18.6. The number of urea groups is 1. The van der Waals surface area contributed by atoms with E-state index in [1.54, 1.807) is 0 Å². The third-order valence-electron chi connectivity index (χ3n) is 2.75. The maximum Gasteiger partial charge on any atom is 0.417 e. The Morgan fingerprint density at radius 1 is 1.40 bits per heavy atom. The molecule has 2 N–H and O–H groups in total. The number of fused-ring (bicyclic) bond motifs is 1. The van der Waals surface area contributed by atoms with Crippen molar-refractivity contribution in [2.75, 3.05) is 12.3 Å². The van der Waals surface area contributed by atoms with Crippen LogP contribution in [0.1, 0.15) is 5.56 Å². The van der Waals surface area contributed by atoms with Crippen molar-refractivity contribution >= 4 is 40.9 Å². The molecule has 0 saturated heterocycles. The van der Waals surface area contributed by atoms with Gasteiger partial charge >= 0.3 is 12.2 Å². The van der Waals surface area contributed by atoms with E-state index in [0.717, 1.165) is 28.4 Å². The van der Waals surface area contributed by atoms with Gasteiger partial charge in [0.05, 0.1) is 16.3 Å². The molecule has 0 aliphatic heterocycles. The van der Waals surface area contributed by atoms with Gasteiger partial charge in [-0.05, 0) is 6.07 Å². The van der Waals surface area contributed by atoms with E-state index in [0.29, 0.717) is 0 Å². The van der Waals surface area contributed by atoms with Crippen molar-refractivity contribution in [2.24, 2.45) is 0 Å². The van der Waals surface area contributed by atoms with Gasteiger partial charge in [-0.15, -0.1) is 16.8 Å². The summed E-state index contributed by atoms with van der Waals surface area (Å²) < 4.78 is 39.6. The summed E-state index contributed by atoms with van der Waals surface area (Å²) in [6, 6.07) is 0.0374. The number of hydrogen-bond acceptors (Lipinski definition) is 5.